The lowest BCUT2D eigenvalue weighted by atomic mass is 10.0. The second-order valence-electron chi connectivity index (χ2n) is 5.83. The molecule has 0 spiro atoms. The Hall–Kier alpha value is -1.88. The third-order valence-corrected chi connectivity index (χ3v) is 4.04. The van der Waals surface area contributed by atoms with E-state index in [1.807, 2.05) is 19.9 Å². The summed E-state index contributed by atoms with van der Waals surface area (Å²) in [7, 11) is 0. The Labute approximate surface area is 131 Å². The van der Waals surface area contributed by atoms with Gasteiger partial charge in [-0.2, -0.15) is 0 Å². The zero-order chi connectivity index (χ0) is 15.9. The highest BCUT2D eigenvalue weighted by molar-refractivity contribution is 5.96. The quantitative estimate of drug-likeness (QED) is 0.753. The molecule has 1 heterocycles. The van der Waals surface area contributed by atoms with Gasteiger partial charge < -0.3 is 16.0 Å². The van der Waals surface area contributed by atoms with Crippen LogP contribution in [0.2, 0.25) is 0 Å². The van der Waals surface area contributed by atoms with Crippen molar-refractivity contribution in [2.75, 3.05) is 25.0 Å². The number of amides is 2. The van der Waals surface area contributed by atoms with Gasteiger partial charge in [0.15, 0.2) is 0 Å². The number of anilines is 1. The van der Waals surface area contributed by atoms with Crippen molar-refractivity contribution in [1.29, 1.82) is 0 Å². The van der Waals surface area contributed by atoms with Crippen LogP contribution in [0.1, 0.15) is 42.1 Å². The molecule has 2 rings (SSSR count). The Morgan fingerprint density at radius 3 is 2.82 bits per heavy atom. The van der Waals surface area contributed by atoms with Crippen LogP contribution in [0.15, 0.2) is 18.2 Å². The Morgan fingerprint density at radius 2 is 2.18 bits per heavy atom. The van der Waals surface area contributed by atoms with E-state index in [0.717, 1.165) is 37.2 Å². The van der Waals surface area contributed by atoms with Crippen molar-refractivity contribution in [3.05, 3.63) is 29.3 Å². The number of aryl methyl sites for hydroxylation is 1. The van der Waals surface area contributed by atoms with Gasteiger partial charge in [0.1, 0.15) is 0 Å². The monoisotopic (exact) mass is 303 g/mol. The van der Waals surface area contributed by atoms with E-state index in [9.17, 15) is 9.59 Å². The zero-order valence-corrected chi connectivity index (χ0v) is 13.4. The number of hydrogen-bond acceptors (Lipinski definition) is 3. The molecule has 22 heavy (non-hydrogen) atoms. The van der Waals surface area contributed by atoms with Crippen LogP contribution in [-0.4, -0.2) is 31.4 Å². The summed E-state index contributed by atoms with van der Waals surface area (Å²) in [4.78, 5) is 23.8. The Kier molecular flexibility index (Phi) is 5.95. The van der Waals surface area contributed by atoms with Crippen LogP contribution >= 0.6 is 0 Å². The first-order valence-electron chi connectivity index (χ1n) is 7.99. The molecule has 120 valence electrons. The van der Waals surface area contributed by atoms with E-state index >= 15 is 0 Å². The van der Waals surface area contributed by atoms with Crippen molar-refractivity contribution in [2.45, 2.75) is 33.1 Å². The summed E-state index contributed by atoms with van der Waals surface area (Å²) in [5.74, 6) is 0.574. The molecule has 0 aromatic heterocycles. The lowest BCUT2D eigenvalue weighted by Crippen LogP contribution is -2.22. The molecular weight excluding hydrogens is 278 g/mol. The average Bonchev–Trinajstić information content (AvgIpc) is 3.01. The summed E-state index contributed by atoms with van der Waals surface area (Å²) in [6, 6.07) is 5.35. The molecule has 1 saturated heterocycles. The van der Waals surface area contributed by atoms with Crippen LogP contribution in [0.4, 0.5) is 5.69 Å². The lowest BCUT2D eigenvalue weighted by Gasteiger charge is -2.11. The van der Waals surface area contributed by atoms with Crippen LogP contribution in [0.25, 0.3) is 0 Å². The topological polar surface area (TPSA) is 70.2 Å². The minimum absolute atomic E-state index is 0.0424. The molecule has 0 radical (unpaired) electrons. The molecule has 1 aliphatic rings. The molecule has 5 nitrogen and oxygen atoms in total. The van der Waals surface area contributed by atoms with Crippen molar-refractivity contribution in [1.82, 2.24) is 10.6 Å². The lowest BCUT2D eigenvalue weighted by molar-refractivity contribution is -0.116. The number of nitrogens with one attached hydrogen (secondary N) is 3. The molecule has 0 aliphatic carbocycles. The average molecular weight is 303 g/mol. The third-order valence-electron chi connectivity index (χ3n) is 4.04. The number of carbonyl (C=O) groups is 2. The smallest absolute Gasteiger partial charge is 0.251 e. The highest BCUT2D eigenvalue weighted by Gasteiger charge is 2.16. The minimum atomic E-state index is -0.0859. The van der Waals surface area contributed by atoms with E-state index < -0.39 is 0 Å². The molecule has 1 aliphatic heterocycles. The van der Waals surface area contributed by atoms with Crippen LogP contribution in [-0.2, 0) is 4.79 Å². The Bertz CT molecular complexity index is 537. The summed E-state index contributed by atoms with van der Waals surface area (Å²) in [6.07, 6.45) is 2.63. The molecule has 5 heteroatoms. The summed E-state index contributed by atoms with van der Waals surface area (Å²) in [5, 5.41) is 9.02. The molecule has 1 fully saturated rings. The largest absolute Gasteiger partial charge is 0.352 e. The van der Waals surface area contributed by atoms with Crippen molar-refractivity contribution < 1.29 is 9.59 Å². The van der Waals surface area contributed by atoms with Crippen molar-refractivity contribution in [3.63, 3.8) is 0 Å². The van der Waals surface area contributed by atoms with Gasteiger partial charge in [-0.1, -0.05) is 0 Å². The number of carbonyl (C=O) groups excluding carboxylic acids is 2. The molecule has 0 saturated carbocycles. The van der Waals surface area contributed by atoms with E-state index in [1.54, 1.807) is 12.1 Å². The van der Waals surface area contributed by atoms with Gasteiger partial charge in [-0.3, -0.25) is 9.59 Å². The molecule has 0 bridgehead atoms. The standard InChI is InChI=1S/C17H25N3O2/c1-3-19-17(22)14-5-6-15(12(2)10-14)20-16(21)7-4-13-8-9-18-11-13/h5-6,10,13,18H,3-4,7-9,11H2,1-2H3,(H,19,22)(H,20,21). The molecular formula is C17H25N3O2. The van der Waals surface area contributed by atoms with Crippen molar-refractivity contribution in [3.8, 4) is 0 Å². The van der Waals surface area contributed by atoms with E-state index in [-0.39, 0.29) is 11.8 Å². The van der Waals surface area contributed by atoms with E-state index in [2.05, 4.69) is 16.0 Å². The maximum atomic E-state index is 12.0. The van der Waals surface area contributed by atoms with E-state index in [1.165, 1.54) is 0 Å². The molecule has 1 atom stereocenters. The Morgan fingerprint density at radius 1 is 1.36 bits per heavy atom. The fourth-order valence-corrected chi connectivity index (χ4v) is 2.72. The van der Waals surface area contributed by atoms with E-state index in [0.29, 0.717) is 24.4 Å². The molecule has 1 aromatic rings. The maximum absolute atomic E-state index is 12.0. The van der Waals surface area contributed by atoms with E-state index in [4.69, 9.17) is 0 Å². The van der Waals surface area contributed by atoms with Crippen LogP contribution in [0.3, 0.4) is 0 Å². The SMILES string of the molecule is CCNC(=O)c1ccc(NC(=O)CCC2CCNC2)c(C)c1. The van der Waals surface area contributed by atoms with Gasteiger partial charge in [0.25, 0.3) is 5.91 Å². The van der Waals surface area contributed by atoms with Gasteiger partial charge in [-0.05, 0) is 69.5 Å². The summed E-state index contributed by atoms with van der Waals surface area (Å²) < 4.78 is 0. The van der Waals surface area contributed by atoms with Crippen molar-refractivity contribution in [2.24, 2.45) is 5.92 Å². The Balaban J connectivity index is 1.88. The number of rotatable bonds is 6. The summed E-state index contributed by atoms with van der Waals surface area (Å²) in [6.45, 7) is 6.48. The second kappa shape index (κ2) is 7.94. The first kappa shape index (κ1) is 16.5. The maximum Gasteiger partial charge on any atom is 0.251 e. The predicted molar refractivity (Wildman–Crippen MR) is 88.0 cm³/mol. The van der Waals surface area contributed by atoms with Crippen LogP contribution < -0.4 is 16.0 Å². The van der Waals surface area contributed by atoms with Gasteiger partial charge in [0.2, 0.25) is 5.91 Å². The molecule has 1 aromatic carbocycles. The van der Waals surface area contributed by atoms with Gasteiger partial charge in [0, 0.05) is 24.2 Å². The summed E-state index contributed by atoms with van der Waals surface area (Å²) >= 11 is 0. The molecule has 2 amide bonds. The van der Waals surface area contributed by atoms with Gasteiger partial charge >= 0.3 is 0 Å². The first-order chi connectivity index (χ1) is 10.6. The van der Waals surface area contributed by atoms with Gasteiger partial charge in [0.05, 0.1) is 0 Å². The normalized spacial score (nSPS) is 17.3. The minimum Gasteiger partial charge on any atom is -0.352 e. The molecule has 1 unspecified atom stereocenters. The van der Waals surface area contributed by atoms with Crippen molar-refractivity contribution >= 4 is 17.5 Å². The number of hydrogen-bond donors (Lipinski definition) is 3. The predicted octanol–water partition coefficient (Wildman–Crippen LogP) is 2.07. The van der Waals surface area contributed by atoms with Gasteiger partial charge in [-0.15, -0.1) is 0 Å². The van der Waals surface area contributed by atoms with Crippen LogP contribution in [0, 0.1) is 12.8 Å². The number of benzene rings is 1. The van der Waals surface area contributed by atoms with Crippen LogP contribution in [0.5, 0.6) is 0 Å². The second-order valence-corrected chi connectivity index (χ2v) is 5.83. The third kappa shape index (κ3) is 4.56. The zero-order valence-electron chi connectivity index (χ0n) is 13.4. The first-order valence-corrected chi connectivity index (χ1v) is 7.99. The molecule has 3 N–H and O–H groups in total. The highest BCUT2D eigenvalue weighted by atomic mass is 16.2. The van der Waals surface area contributed by atoms with Gasteiger partial charge in [-0.25, -0.2) is 0 Å². The highest BCUT2D eigenvalue weighted by Crippen LogP contribution is 2.19. The fourth-order valence-electron chi connectivity index (χ4n) is 2.72. The fraction of sp³-hybridized carbons (Fsp3) is 0.529. The summed E-state index contributed by atoms with van der Waals surface area (Å²) in [5.41, 5.74) is 2.30.